The number of halogens is 1. The first-order chi connectivity index (χ1) is 9.33. The molecule has 0 amide bonds. The van der Waals surface area contributed by atoms with Gasteiger partial charge in [-0.1, -0.05) is 39.0 Å². The summed E-state index contributed by atoms with van der Waals surface area (Å²) in [5.74, 6) is 0.612. The minimum atomic E-state index is 0. The monoisotopic (exact) mass is 397 g/mol. The molecule has 0 aromatic heterocycles. The summed E-state index contributed by atoms with van der Waals surface area (Å²) in [5.41, 5.74) is 5.92. The molecule has 0 bridgehead atoms. The Hall–Kier alpha value is -0.0400. The van der Waals surface area contributed by atoms with Gasteiger partial charge in [0.05, 0.1) is 0 Å². The van der Waals surface area contributed by atoms with Gasteiger partial charge in [0.15, 0.2) is 5.96 Å². The van der Waals surface area contributed by atoms with E-state index in [0.717, 1.165) is 32.6 Å². The SMILES string of the molecule is CCCCOCCCN=C(N)NC1CCCCCC1.I. The molecule has 0 radical (unpaired) electrons. The van der Waals surface area contributed by atoms with Gasteiger partial charge in [0.2, 0.25) is 0 Å². The third kappa shape index (κ3) is 10.7. The van der Waals surface area contributed by atoms with Crippen LogP contribution in [-0.2, 0) is 4.74 Å². The van der Waals surface area contributed by atoms with Crippen molar-refractivity contribution < 1.29 is 4.74 Å². The maximum atomic E-state index is 5.92. The van der Waals surface area contributed by atoms with Gasteiger partial charge in [0, 0.05) is 25.8 Å². The minimum Gasteiger partial charge on any atom is -0.381 e. The second kappa shape index (κ2) is 13.9. The Labute approximate surface area is 141 Å². The van der Waals surface area contributed by atoms with E-state index in [-0.39, 0.29) is 24.0 Å². The first-order valence-corrected chi connectivity index (χ1v) is 7.97. The molecule has 120 valence electrons. The van der Waals surface area contributed by atoms with Crippen molar-refractivity contribution in [3.63, 3.8) is 0 Å². The van der Waals surface area contributed by atoms with Crippen LogP contribution in [0.15, 0.2) is 4.99 Å². The fourth-order valence-corrected chi connectivity index (χ4v) is 2.39. The summed E-state index contributed by atoms with van der Waals surface area (Å²) >= 11 is 0. The molecule has 1 rings (SSSR count). The van der Waals surface area contributed by atoms with Crippen molar-refractivity contribution in [1.82, 2.24) is 5.32 Å². The van der Waals surface area contributed by atoms with Crippen molar-refractivity contribution in [3.8, 4) is 0 Å². The van der Waals surface area contributed by atoms with E-state index in [1.54, 1.807) is 0 Å². The molecule has 0 unspecified atom stereocenters. The predicted octanol–water partition coefficient (Wildman–Crippen LogP) is 3.44. The summed E-state index contributed by atoms with van der Waals surface area (Å²) in [6.45, 7) is 4.60. The molecule has 4 nitrogen and oxygen atoms in total. The van der Waals surface area contributed by atoms with Crippen molar-refractivity contribution in [2.75, 3.05) is 19.8 Å². The van der Waals surface area contributed by atoms with E-state index in [1.807, 2.05) is 0 Å². The van der Waals surface area contributed by atoms with Crippen LogP contribution in [0.2, 0.25) is 0 Å². The lowest BCUT2D eigenvalue weighted by atomic mass is 10.1. The molecule has 0 atom stereocenters. The highest BCUT2D eigenvalue weighted by atomic mass is 127. The van der Waals surface area contributed by atoms with Gasteiger partial charge in [0.1, 0.15) is 0 Å². The number of rotatable bonds is 8. The number of hydrogen-bond donors (Lipinski definition) is 2. The molecule has 0 aromatic carbocycles. The number of nitrogens with one attached hydrogen (secondary N) is 1. The topological polar surface area (TPSA) is 59.6 Å². The summed E-state index contributed by atoms with van der Waals surface area (Å²) in [7, 11) is 0. The first-order valence-electron chi connectivity index (χ1n) is 7.97. The van der Waals surface area contributed by atoms with E-state index in [0.29, 0.717) is 12.0 Å². The fraction of sp³-hybridized carbons (Fsp3) is 0.933. The normalized spacial score (nSPS) is 17.4. The summed E-state index contributed by atoms with van der Waals surface area (Å²) in [5, 5.41) is 3.36. The Morgan fingerprint density at radius 3 is 2.45 bits per heavy atom. The zero-order chi connectivity index (χ0) is 13.8. The highest BCUT2D eigenvalue weighted by molar-refractivity contribution is 14.0. The molecule has 1 aliphatic rings. The summed E-state index contributed by atoms with van der Waals surface area (Å²) in [6.07, 6.45) is 11.1. The zero-order valence-electron chi connectivity index (χ0n) is 12.9. The number of nitrogens with two attached hydrogens (primary N) is 1. The van der Waals surface area contributed by atoms with E-state index < -0.39 is 0 Å². The lowest BCUT2D eigenvalue weighted by Crippen LogP contribution is -2.39. The lowest BCUT2D eigenvalue weighted by molar-refractivity contribution is 0.130. The zero-order valence-corrected chi connectivity index (χ0v) is 15.2. The number of hydrogen-bond acceptors (Lipinski definition) is 2. The lowest BCUT2D eigenvalue weighted by Gasteiger charge is -2.16. The van der Waals surface area contributed by atoms with Crippen molar-refractivity contribution in [1.29, 1.82) is 0 Å². The van der Waals surface area contributed by atoms with E-state index in [1.165, 1.54) is 44.9 Å². The Bertz CT molecular complexity index is 241. The average Bonchev–Trinajstić information content (AvgIpc) is 2.66. The summed E-state index contributed by atoms with van der Waals surface area (Å²) < 4.78 is 5.49. The van der Waals surface area contributed by atoms with Crippen LogP contribution in [0.3, 0.4) is 0 Å². The van der Waals surface area contributed by atoms with Crippen LogP contribution in [0, 0.1) is 0 Å². The Kier molecular flexibility index (Phi) is 13.9. The predicted molar refractivity (Wildman–Crippen MR) is 96.9 cm³/mol. The quantitative estimate of drug-likeness (QED) is 0.217. The maximum absolute atomic E-state index is 5.92. The molecule has 5 heteroatoms. The smallest absolute Gasteiger partial charge is 0.188 e. The van der Waals surface area contributed by atoms with E-state index in [2.05, 4.69) is 17.2 Å². The number of unbranched alkanes of at least 4 members (excludes halogenated alkanes) is 1. The molecular formula is C15H32IN3O. The second-order valence-electron chi connectivity index (χ2n) is 5.42. The van der Waals surface area contributed by atoms with Gasteiger partial charge in [-0.3, -0.25) is 4.99 Å². The average molecular weight is 397 g/mol. The standard InChI is InChI=1S/C15H31N3O.HI/c1-2-3-12-19-13-8-11-17-15(16)18-14-9-6-4-5-7-10-14;/h14H,2-13H2,1H3,(H3,16,17,18);1H. The Morgan fingerprint density at radius 2 is 1.80 bits per heavy atom. The Balaban J connectivity index is 0.00000361. The molecule has 3 N–H and O–H groups in total. The van der Waals surface area contributed by atoms with Gasteiger partial charge >= 0.3 is 0 Å². The Morgan fingerprint density at radius 1 is 1.15 bits per heavy atom. The van der Waals surface area contributed by atoms with Gasteiger partial charge in [-0.25, -0.2) is 0 Å². The molecule has 0 aliphatic heterocycles. The van der Waals surface area contributed by atoms with Gasteiger partial charge in [-0.2, -0.15) is 0 Å². The van der Waals surface area contributed by atoms with E-state index >= 15 is 0 Å². The molecule has 0 heterocycles. The number of guanidine groups is 1. The molecule has 1 aliphatic carbocycles. The van der Waals surface area contributed by atoms with Crippen LogP contribution in [0.5, 0.6) is 0 Å². The van der Waals surface area contributed by atoms with Crippen LogP contribution in [0.4, 0.5) is 0 Å². The molecule has 20 heavy (non-hydrogen) atoms. The van der Waals surface area contributed by atoms with Gasteiger partial charge < -0.3 is 15.8 Å². The molecule has 0 saturated heterocycles. The van der Waals surface area contributed by atoms with Crippen LogP contribution < -0.4 is 11.1 Å². The molecular weight excluding hydrogens is 365 g/mol. The first kappa shape index (κ1) is 20.0. The molecule has 1 saturated carbocycles. The third-order valence-corrected chi connectivity index (χ3v) is 3.58. The summed E-state index contributed by atoms with van der Waals surface area (Å²) in [6, 6.07) is 0.534. The molecule has 0 spiro atoms. The summed E-state index contributed by atoms with van der Waals surface area (Å²) in [4.78, 5) is 4.37. The second-order valence-corrected chi connectivity index (χ2v) is 5.42. The van der Waals surface area contributed by atoms with Crippen molar-refractivity contribution in [3.05, 3.63) is 0 Å². The highest BCUT2D eigenvalue weighted by Crippen LogP contribution is 2.16. The van der Waals surface area contributed by atoms with Crippen molar-refractivity contribution in [2.45, 2.75) is 70.8 Å². The maximum Gasteiger partial charge on any atom is 0.188 e. The van der Waals surface area contributed by atoms with Gasteiger partial charge in [-0.15, -0.1) is 24.0 Å². The van der Waals surface area contributed by atoms with Crippen LogP contribution >= 0.6 is 24.0 Å². The highest BCUT2D eigenvalue weighted by Gasteiger charge is 2.11. The largest absolute Gasteiger partial charge is 0.381 e. The van der Waals surface area contributed by atoms with Crippen LogP contribution in [0.1, 0.15) is 64.7 Å². The molecule has 0 aromatic rings. The van der Waals surface area contributed by atoms with Crippen molar-refractivity contribution >= 4 is 29.9 Å². The minimum absolute atomic E-state index is 0. The number of nitrogens with zero attached hydrogens (tertiary/aromatic N) is 1. The number of ether oxygens (including phenoxy) is 1. The fourth-order valence-electron chi connectivity index (χ4n) is 2.39. The van der Waals surface area contributed by atoms with Gasteiger partial charge in [-0.05, 0) is 25.7 Å². The van der Waals surface area contributed by atoms with Crippen LogP contribution in [0.25, 0.3) is 0 Å². The van der Waals surface area contributed by atoms with E-state index in [4.69, 9.17) is 10.5 Å². The van der Waals surface area contributed by atoms with E-state index in [9.17, 15) is 0 Å². The van der Waals surface area contributed by atoms with Gasteiger partial charge in [0.25, 0.3) is 0 Å². The molecule has 1 fully saturated rings. The third-order valence-electron chi connectivity index (χ3n) is 3.58. The van der Waals surface area contributed by atoms with Crippen LogP contribution in [-0.4, -0.2) is 31.8 Å². The van der Waals surface area contributed by atoms with Crippen molar-refractivity contribution in [2.24, 2.45) is 10.7 Å². The number of aliphatic imine (C=N–C) groups is 1.